The lowest BCUT2D eigenvalue weighted by Crippen LogP contribution is -2.48. The quantitative estimate of drug-likeness (QED) is 0.357. The van der Waals surface area contributed by atoms with Gasteiger partial charge in [-0.3, -0.25) is 19.1 Å². The van der Waals surface area contributed by atoms with Crippen LogP contribution in [0, 0.1) is 24.1 Å². The Morgan fingerprint density at radius 3 is 2.34 bits per heavy atom. The first-order valence-corrected chi connectivity index (χ1v) is 14.1. The zero-order chi connectivity index (χ0) is 27.6. The van der Waals surface area contributed by atoms with Crippen molar-refractivity contribution in [2.75, 3.05) is 36.0 Å². The Kier molecular flexibility index (Phi) is 8.58. The first-order chi connectivity index (χ1) is 18.2. The van der Waals surface area contributed by atoms with Gasteiger partial charge in [0.25, 0.3) is 11.5 Å². The van der Waals surface area contributed by atoms with Crippen molar-refractivity contribution in [3.8, 4) is 6.07 Å². The van der Waals surface area contributed by atoms with E-state index in [0.717, 1.165) is 17.9 Å². The summed E-state index contributed by atoms with van der Waals surface area (Å²) in [7, 11) is 0. The molecule has 0 spiro atoms. The first kappa shape index (κ1) is 27.9. The minimum Gasteiger partial charge on any atom is -0.368 e. The van der Waals surface area contributed by atoms with Gasteiger partial charge in [-0.15, -0.1) is 0 Å². The molecule has 1 atom stereocenters. The van der Waals surface area contributed by atoms with Crippen LogP contribution in [0.3, 0.4) is 0 Å². The summed E-state index contributed by atoms with van der Waals surface area (Å²) < 4.78 is 15.6. The number of halogens is 1. The second-order valence-corrected chi connectivity index (χ2v) is 11.2. The van der Waals surface area contributed by atoms with Gasteiger partial charge in [0.15, 0.2) is 0 Å². The molecular formula is C28H32FN5O2S2. The van der Waals surface area contributed by atoms with Crippen LogP contribution in [-0.2, 0) is 11.3 Å². The van der Waals surface area contributed by atoms with Gasteiger partial charge in [-0.05, 0) is 62.6 Å². The van der Waals surface area contributed by atoms with E-state index in [-0.39, 0.29) is 28.9 Å². The molecule has 38 heavy (non-hydrogen) atoms. The number of pyridine rings is 1. The van der Waals surface area contributed by atoms with Crippen molar-refractivity contribution in [3.63, 3.8) is 0 Å². The monoisotopic (exact) mass is 553 g/mol. The number of piperazine rings is 1. The van der Waals surface area contributed by atoms with Crippen molar-refractivity contribution in [1.82, 2.24) is 9.47 Å². The van der Waals surface area contributed by atoms with Crippen LogP contribution in [-0.4, -0.2) is 51.9 Å². The first-order valence-electron chi connectivity index (χ1n) is 12.9. The molecule has 2 aromatic rings. The normalized spacial score (nSPS) is 17.9. The maximum atomic E-state index is 13.4. The van der Waals surface area contributed by atoms with E-state index in [4.69, 9.17) is 12.2 Å². The topological polar surface area (TPSA) is 72.6 Å². The molecule has 7 nitrogen and oxygen atoms in total. The van der Waals surface area contributed by atoms with Gasteiger partial charge in [0, 0.05) is 50.0 Å². The fourth-order valence-electron chi connectivity index (χ4n) is 4.92. The van der Waals surface area contributed by atoms with E-state index >= 15 is 0 Å². The zero-order valence-electron chi connectivity index (χ0n) is 22.2. The highest BCUT2D eigenvalue weighted by atomic mass is 32.2. The van der Waals surface area contributed by atoms with Crippen LogP contribution in [0.4, 0.5) is 15.9 Å². The Morgan fingerprint density at radius 2 is 1.76 bits per heavy atom. The number of benzene rings is 1. The van der Waals surface area contributed by atoms with Gasteiger partial charge in [0.2, 0.25) is 0 Å². The van der Waals surface area contributed by atoms with Crippen LogP contribution in [0.1, 0.15) is 50.3 Å². The second-order valence-electron chi connectivity index (χ2n) is 9.57. The van der Waals surface area contributed by atoms with Gasteiger partial charge in [0.05, 0.1) is 4.91 Å². The summed E-state index contributed by atoms with van der Waals surface area (Å²) in [5.41, 5.74) is 1.99. The molecule has 200 valence electrons. The third-order valence-corrected chi connectivity index (χ3v) is 8.53. The fraction of sp³-hybridized carbons (Fsp3) is 0.429. The number of anilines is 2. The number of thioether (sulfide) groups is 1. The van der Waals surface area contributed by atoms with Crippen molar-refractivity contribution >= 4 is 51.8 Å². The average Bonchev–Trinajstić information content (AvgIpc) is 3.19. The summed E-state index contributed by atoms with van der Waals surface area (Å²) in [5.74, 6) is 0.306. The molecule has 0 aliphatic carbocycles. The smallest absolute Gasteiger partial charge is 0.270 e. The summed E-state index contributed by atoms with van der Waals surface area (Å²) in [4.78, 5) is 33.3. The molecule has 0 bridgehead atoms. The van der Waals surface area contributed by atoms with E-state index in [9.17, 15) is 19.2 Å². The van der Waals surface area contributed by atoms with E-state index in [1.165, 1.54) is 23.9 Å². The molecule has 1 aromatic heterocycles. The molecule has 2 saturated heterocycles. The number of nitrogens with zero attached hydrogens (tertiary/aromatic N) is 5. The Labute approximate surface area is 232 Å². The van der Waals surface area contributed by atoms with Gasteiger partial charge in [-0.1, -0.05) is 37.8 Å². The zero-order valence-corrected chi connectivity index (χ0v) is 23.8. The van der Waals surface area contributed by atoms with Crippen LogP contribution in [0.5, 0.6) is 0 Å². The SMILES string of the molecule is CCCn1c(N2CCN(c3ccc(F)cc3)CC2)c(C=C2SC(=S)N(C(C)CC)C2=O)c(C)c(C#N)c1=O. The van der Waals surface area contributed by atoms with Gasteiger partial charge in [-0.25, -0.2) is 4.39 Å². The highest BCUT2D eigenvalue weighted by Crippen LogP contribution is 2.37. The number of carbonyl (C=O) groups is 1. The summed E-state index contributed by atoms with van der Waals surface area (Å²) in [6, 6.07) is 8.54. The van der Waals surface area contributed by atoms with Crippen molar-refractivity contribution < 1.29 is 9.18 Å². The molecule has 2 aliphatic rings. The Hall–Kier alpha value is -3.16. The second kappa shape index (κ2) is 11.7. The van der Waals surface area contributed by atoms with E-state index < -0.39 is 0 Å². The molecule has 0 saturated carbocycles. The molecule has 2 fully saturated rings. The minimum atomic E-state index is -0.313. The van der Waals surface area contributed by atoms with E-state index in [0.29, 0.717) is 59.5 Å². The number of thiocarbonyl (C=S) groups is 1. The number of aromatic nitrogens is 1. The van der Waals surface area contributed by atoms with Crippen LogP contribution in [0.25, 0.3) is 6.08 Å². The van der Waals surface area contributed by atoms with Crippen molar-refractivity contribution in [2.45, 2.75) is 53.1 Å². The van der Waals surface area contributed by atoms with E-state index in [2.05, 4.69) is 15.9 Å². The molecule has 1 amide bonds. The van der Waals surface area contributed by atoms with Crippen LogP contribution < -0.4 is 15.4 Å². The average molecular weight is 554 g/mol. The maximum Gasteiger partial charge on any atom is 0.270 e. The Morgan fingerprint density at radius 1 is 1.13 bits per heavy atom. The highest BCUT2D eigenvalue weighted by Gasteiger charge is 2.36. The van der Waals surface area contributed by atoms with Crippen molar-refractivity contribution in [2.24, 2.45) is 0 Å². The molecule has 0 N–H and O–H groups in total. The predicted molar refractivity (Wildman–Crippen MR) is 156 cm³/mol. The third kappa shape index (κ3) is 5.22. The summed E-state index contributed by atoms with van der Waals surface area (Å²) in [6.07, 6.45) is 3.30. The molecule has 2 aliphatic heterocycles. The number of hydrogen-bond acceptors (Lipinski definition) is 7. The number of nitriles is 1. The predicted octanol–water partition coefficient (Wildman–Crippen LogP) is 4.90. The minimum absolute atomic E-state index is 0.0165. The molecule has 1 aromatic carbocycles. The van der Waals surface area contributed by atoms with Crippen LogP contribution >= 0.6 is 24.0 Å². The largest absolute Gasteiger partial charge is 0.368 e. The molecular weight excluding hydrogens is 521 g/mol. The van der Waals surface area contributed by atoms with Gasteiger partial charge >= 0.3 is 0 Å². The highest BCUT2D eigenvalue weighted by molar-refractivity contribution is 8.26. The summed E-state index contributed by atoms with van der Waals surface area (Å²) in [5, 5.41) is 9.87. The Balaban J connectivity index is 1.78. The summed E-state index contributed by atoms with van der Waals surface area (Å²) in [6.45, 7) is 10.8. The van der Waals surface area contributed by atoms with Gasteiger partial charge < -0.3 is 9.80 Å². The van der Waals surface area contributed by atoms with E-state index in [1.54, 1.807) is 28.5 Å². The van der Waals surface area contributed by atoms with E-state index in [1.807, 2.05) is 26.8 Å². The lowest BCUT2D eigenvalue weighted by Gasteiger charge is -2.39. The number of amides is 1. The lowest BCUT2D eigenvalue weighted by atomic mass is 10.0. The summed E-state index contributed by atoms with van der Waals surface area (Å²) >= 11 is 6.79. The fourth-order valence-corrected chi connectivity index (χ4v) is 6.36. The molecule has 10 heteroatoms. The van der Waals surface area contributed by atoms with Gasteiger partial charge in [0.1, 0.15) is 27.6 Å². The molecule has 1 unspecified atom stereocenters. The standard InChI is InChI=1S/C28H32FN5O2S2/c1-5-11-33-25(32-14-12-31(13-15-32)21-9-7-20(29)8-10-21)22(19(4)23(17-30)26(33)35)16-24-27(36)34(18(3)6-2)28(37)38-24/h7-10,16,18H,5-6,11-15H2,1-4H3. The van der Waals surface area contributed by atoms with Gasteiger partial charge in [-0.2, -0.15) is 5.26 Å². The Bertz CT molecular complexity index is 1370. The van der Waals surface area contributed by atoms with Crippen LogP contribution in [0.2, 0.25) is 0 Å². The number of hydrogen-bond donors (Lipinski definition) is 0. The number of carbonyl (C=O) groups excluding carboxylic acids is 1. The molecule has 0 radical (unpaired) electrons. The number of rotatable bonds is 7. The lowest BCUT2D eigenvalue weighted by molar-refractivity contribution is -0.123. The van der Waals surface area contributed by atoms with Crippen molar-refractivity contribution in [1.29, 1.82) is 5.26 Å². The third-order valence-electron chi connectivity index (χ3n) is 7.20. The van der Waals surface area contributed by atoms with Crippen LogP contribution in [0.15, 0.2) is 34.0 Å². The molecule has 3 heterocycles. The molecule has 4 rings (SSSR count). The van der Waals surface area contributed by atoms with Crippen molar-refractivity contribution in [3.05, 3.63) is 62.0 Å². The maximum absolute atomic E-state index is 13.4.